The molecule has 0 spiro atoms. The topological polar surface area (TPSA) is 86.9 Å². The minimum Gasteiger partial charge on any atom is -0.465 e. The van der Waals surface area contributed by atoms with Crippen molar-refractivity contribution in [2.75, 3.05) is 26.2 Å². The van der Waals surface area contributed by atoms with E-state index in [0.717, 1.165) is 0 Å². The van der Waals surface area contributed by atoms with Crippen LogP contribution in [0.15, 0.2) is 0 Å². The number of hydrogen-bond donors (Lipinski definition) is 2. The van der Waals surface area contributed by atoms with Crippen molar-refractivity contribution in [2.24, 2.45) is 11.7 Å². The molecule has 1 fully saturated rings. The summed E-state index contributed by atoms with van der Waals surface area (Å²) in [6, 6.07) is -0.466. The zero-order valence-electron chi connectivity index (χ0n) is 10.8. The van der Waals surface area contributed by atoms with E-state index in [1.165, 1.54) is 4.90 Å². The highest BCUT2D eigenvalue weighted by Crippen LogP contribution is 2.08. The molecule has 1 aliphatic rings. The zero-order valence-corrected chi connectivity index (χ0v) is 11.7. The van der Waals surface area contributed by atoms with Crippen molar-refractivity contribution in [1.29, 1.82) is 0 Å². The zero-order chi connectivity index (χ0) is 13.0. The molecule has 1 unspecified atom stereocenters. The second-order valence-corrected chi connectivity index (χ2v) is 4.83. The van der Waals surface area contributed by atoms with Gasteiger partial charge in [0.25, 0.3) is 0 Å². The van der Waals surface area contributed by atoms with Crippen LogP contribution in [-0.4, -0.2) is 59.1 Å². The Labute approximate surface area is 114 Å². The van der Waals surface area contributed by atoms with Crippen LogP contribution in [0.5, 0.6) is 0 Å². The van der Waals surface area contributed by atoms with Crippen molar-refractivity contribution >= 4 is 24.4 Å². The summed E-state index contributed by atoms with van der Waals surface area (Å²) < 4.78 is 0. The van der Waals surface area contributed by atoms with Gasteiger partial charge in [0.1, 0.15) is 0 Å². The Balaban J connectivity index is 0.00000289. The number of rotatable bonds is 3. The van der Waals surface area contributed by atoms with E-state index >= 15 is 0 Å². The molecule has 0 radical (unpaired) electrons. The van der Waals surface area contributed by atoms with Crippen LogP contribution in [0.1, 0.15) is 20.3 Å². The number of hydrogen-bond acceptors (Lipinski definition) is 3. The highest BCUT2D eigenvalue weighted by atomic mass is 35.5. The lowest BCUT2D eigenvalue weighted by atomic mass is 10.0. The first-order valence-electron chi connectivity index (χ1n) is 5.94. The summed E-state index contributed by atoms with van der Waals surface area (Å²) >= 11 is 0. The van der Waals surface area contributed by atoms with Crippen LogP contribution in [0, 0.1) is 5.92 Å². The van der Waals surface area contributed by atoms with Crippen LogP contribution in [-0.2, 0) is 4.79 Å². The summed E-state index contributed by atoms with van der Waals surface area (Å²) in [5.41, 5.74) is 5.82. The van der Waals surface area contributed by atoms with Crippen molar-refractivity contribution in [3.63, 3.8) is 0 Å². The molecule has 1 aliphatic heterocycles. The van der Waals surface area contributed by atoms with Crippen molar-refractivity contribution < 1.29 is 14.7 Å². The van der Waals surface area contributed by atoms with Gasteiger partial charge in [-0.25, -0.2) is 4.79 Å². The molecule has 6 nitrogen and oxygen atoms in total. The first-order valence-corrected chi connectivity index (χ1v) is 5.94. The predicted molar refractivity (Wildman–Crippen MR) is 70.9 cm³/mol. The molecule has 1 heterocycles. The van der Waals surface area contributed by atoms with Crippen molar-refractivity contribution in [1.82, 2.24) is 9.80 Å². The molecule has 0 bridgehead atoms. The van der Waals surface area contributed by atoms with Gasteiger partial charge >= 0.3 is 6.09 Å². The fraction of sp³-hybridized carbons (Fsp3) is 0.818. The molecular weight excluding hydrogens is 258 g/mol. The van der Waals surface area contributed by atoms with Gasteiger partial charge in [-0.15, -0.1) is 12.4 Å². The van der Waals surface area contributed by atoms with Crippen LogP contribution in [0.3, 0.4) is 0 Å². The van der Waals surface area contributed by atoms with E-state index in [4.69, 9.17) is 10.8 Å². The molecule has 0 aromatic carbocycles. The number of carboxylic acid groups (broad SMARTS) is 1. The first kappa shape index (κ1) is 17.0. The summed E-state index contributed by atoms with van der Waals surface area (Å²) in [6.07, 6.45) is -0.263. The normalized spacial score (nSPS) is 17.3. The lowest BCUT2D eigenvalue weighted by molar-refractivity contribution is -0.134. The number of nitrogens with two attached hydrogens (primary N) is 1. The van der Waals surface area contributed by atoms with Gasteiger partial charge in [-0.3, -0.25) is 4.79 Å². The third kappa shape index (κ3) is 4.70. The Hall–Kier alpha value is -1.01. The third-order valence-electron chi connectivity index (χ3n) is 2.90. The molecule has 0 aliphatic carbocycles. The van der Waals surface area contributed by atoms with Gasteiger partial charge in [0.05, 0.1) is 6.04 Å². The fourth-order valence-electron chi connectivity index (χ4n) is 1.96. The first-order chi connectivity index (χ1) is 7.91. The molecule has 1 rings (SSSR count). The Morgan fingerprint density at radius 2 is 1.61 bits per heavy atom. The summed E-state index contributed by atoms with van der Waals surface area (Å²) in [6.45, 7) is 5.67. The van der Waals surface area contributed by atoms with Crippen molar-refractivity contribution in [3.05, 3.63) is 0 Å². The largest absolute Gasteiger partial charge is 0.465 e. The predicted octanol–water partition coefficient (Wildman–Crippen LogP) is 0.604. The summed E-state index contributed by atoms with van der Waals surface area (Å²) in [5, 5.41) is 8.79. The Bertz CT molecular complexity index is 291. The summed E-state index contributed by atoms with van der Waals surface area (Å²) in [7, 11) is 0. The molecule has 0 aromatic heterocycles. The summed E-state index contributed by atoms with van der Waals surface area (Å²) in [5.74, 6) is 0.318. The van der Waals surface area contributed by atoms with Gasteiger partial charge in [-0.2, -0.15) is 0 Å². The molecule has 0 aromatic rings. The lowest BCUT2D eigenvalue weighted by Crippen LogP contribution is -2.54. The highest BCUT2D eigenvalue weighted by molar-refractivity contribution is 5.85. The van der Waals surface area contributed by atoms with Crippen LogP contribution < -0.4 is 5.73 Å². The molecular formula is C11H22ClN3O3. The van der Waals surface area contributed by atoms with Crippen molar-refractivity contribution in [3.8, 4) is 0 Å². The maximum atomic E-state index is 11.9. The van der Waals surface area contributed by atoms with Gasteiger partial charge in [0, 0.05) is 26.2 Å². The Morgan fingerprint density at radius 1 is 1.17 bits per heavy atom. The maximum absolute atomic E-state index is 11.9. The molecule has 106 valence electrons. The number of amides is 2. The molecule has 1 atom stereocenters. The molecule has 2 amide bonds. The monoisotopic (exact) mass is 279 g/mol. The molecule has 7 heteroatoms. The quantitative estimate of drug-likeness (QED) is 0.792. The smallest absolute Gasteiger partial charge is 0.407 e. The molecule has 3 N–H and O–H groups in total. The number of nitrogens with zero attached hydrogens (tertiary/aromatic N) is 2. The van der Waals surface area contributed by atoms with Gasteiger partial charge in [-0.1, -0.05) is 13.8 Å². The second kappa shape index (κ2) is 7.43. The van der Waals surface area contributed by atoms with Crippen molar-refractivity contribution in [2.45, 2.75) is 26.3 Å². The lowest BCUT2D eigenvalue weighted by Gasteiger charge is -2.34. The third-order valence-corrected chi connectivity index (χ3v) is 2.90. The average molecular weight is 280 g/mol. The number of carbonyl (C=O) groups is 2. The van der Waals surface area contributed by atoms with Gasteiger partial charge in [0.15, 0.2) is 0 Å². The van der Waals surface area contributed by atoms with Gasteiger partial charge < -0.3 is 20.6 Å². The number of carbonyl (C=O) groups excluding carboxylic acids is 1. The molecule has 18 heavy (non-hydrogen) atoms. The molecule has 0 saturated carbocycles. The van der Waals surface area contributed by atoms with Crippen LogP contribution >= 0.6 is 12.4 Å². The van der Waals surface area contributed by atoms with E-state index < -0.39 is 12.1 Å². The Morgan fingerprint density at radius 3 is 2.00 bits per heavy atom. The number of halogens is 1. The SMILES string of the molecule is CC(C)CC(N)C(=O)N1CCN(C(=O)O)CC1.Cl. The number of piperazine rings is 1. The van der Waals surface area contributed by atoms with E-state index in [2.05, 4.69) is 0 Å². The van der Waals surface area contributed by atoms with E-state index in [0.29, 0.717) is 38.5 Å². The van der Waals surface area contributed by atoms with E-state index in [-0.39, 0.29) is 18.3 Å². The minimum absolute atomic E-state index is 0. The fourth-order valence-corrected chi connectivity index (χ4v) is 1.96. The maximum Gasteiger partial charge on any atom is 0.407 e. The van der Waals surface area contributed by atoms with Gasteiger partial charge in [0.2, 0.25) is 5.91 Å². The van der Waals surface area contributed by atoms with Gasteiger partial charge in [-0.05, 0) is 12.3 Å². The Kier molecular flexibility index (Phi) is 7.01. The average Bonchev–Trinajstić information content (AvgIpc) is 2.27. The minimum atomic E-state index is -0.927. The van der Waals surface area contributed by atoms with Crippen LogP contribution in [0.4, 0.5) is 4.79 Å². The van der Waals surface area contributed by atoms with Crippen LogP contribution in [0.25, 0.3) is 0 Å². The summed E-state index contributed by atoms with van der Waals surface area (Å²) in [4.78, 5) is 25.6. The van der Waals surface area contributed by atoms with E-state index in [9.17, 15) is 9.59 Å². The standard InChI is InChI=1S/C11H21N3O3.ClH/c1-8(2)7-9(12)10(15)13-3-5-14(6-4-13)11(16)17;/h8-9H,3-7,12H2,1-2H3,(H,16,17);1H. The van der Waals surface area contributed by atoms with E-state index in [1.54, 1.807) is 4.90 Å². The van der Waals surface area contributed by atoms with Crippen LogP contribution in [0.2, 0.25) is 0 Å². The molecule has 1 saturated heterocycles. The highest BCUT2D eigenvalue weighted by Gasteiger charge is 2.27. The second-order valence-electron chi connectivity index (χ2n) is 4.83. The van der Waals surface area contributed by atoms with E-state index in [1.807, 2.05) is 13.8 Å².